The van der Waals surface area contributed by atoms with Gasteiger partial charge in [-0.1, -0.05) is 6.07 Å². The van der Waals surface area contributed by atoms with Crippen molar-refractivity contribution in [3.63, 3.8) is 0 Å². The Morgan fingerprint density at radius 1 is 1.05 bits per heavy atom. The van der Waals surface area contributed by atoms with Crippen LogP contribution in [0.1, 0.15) is 5.56 Å². The molecule has 112 valence electrons. The predicted octanol–water partition coefficient (Wildman–Crippen LogP) is 4.55. The molecule has 0 spiro atoms. The molecule has 0 saturated carbocycles. The van der Waals surface area contributed by atoms with Crippen LogP contribution in [0, 0.1) is 0 Å². The Kier molecular flexibility index (Phi) is 5.36. The fraction of sp³-hybridized carbons (Fsp3) is 0.200. The number of para-hydroxylation sites is 1. The highest BCUT2D eigenvalue weighted by Crippen LogP contribution is 2.37. The number of methoxy groups -OCH3 is 2. The Morgan fingerprint density at radius 2 is 1.57 bits per heavy atom. The van der Waals surface area contributed by atoms with Crippen LogP contribution in [0.4, 0.5) is 5.69 Å². The third-order valence-electron chi connectivity index (χ3n) is 2.97. The van der Waals surface area contributed by atoms with E-state index in [0.29, 0.717) is 18.0 Å². The maximum Gasteiger partial charge on any atom is 0.200 e. The molecule has 2 aromatic carbocycles. The molecule has 2 rings (SSSR count). The van der Waals surface area contributed by atoms with E-state index in [2.05, 4.69) is 37.2 Å². The predicted molar refractivity (Wildman–Crippen MR) is 90.4 cm³/mol. The summed E-state index contributed by atoms with van der Waals surface area (Å²) in [6.45, 7) is 0.564. The molecule has 21 heavy (non-hydrogen) atoms. The van der Waals surface area contributed by atoms with Gasteiger partial charge < -0.3 is 19.9 Å². The number of phenolic OH excluding ortho intramolecular Hbond substituents is 1. The molecule has 0 saturated heterocycles. The van der Waals surface area contributed by atoms with Crippen LogP contribution in [-0.4, -0.2) is 19.3 Å². The molecule has 2 aromatic rings. The third kappa shape index (κ3) is 3.63. The van der Waals surface area contributed by atoms with Gasteiger partial charge in [-0.25, -0.2) is 0 Å². The van der Waals surface area contributed by atoms with Crippen molar-refractivity contribution in [3.8, 4) is 17.2 Å². The van der Waals surface area contributed by atoms with Crippen molar-refractivity contribution >= 4 is 37.5 Å². The quantitative estimate of drug-likeness (QED) is 0.750. The first-order chi connectivity index (χ1) is 10.1. The van der Waals surface area contributed by atoms with Crippen LogP contribution >= 0.6 is 31.9 Å². The fourth-order valence-corrected chi connectivity index (χ4v) is 3.19. The zero-order valence-corrected chi connectivity index (χ0v) is 14.8. The molecular weight excluding hydrogens is 402 g/mol. The van der Waals surface area contributed by atoms with E-state index in [1.165, 1.54) is 14.2 Å². The highest BCUT2D eigenvalue weighted by molar-refractivity contribution is 9.11. The normalized spacial score (nSPS) is 10.3. The topological polar surface area (TPSA) is 50.7 Å². The zero-order valence-electron chi connectivity index (χ0n) is 11.6. The first-order valence-electron chi connectivity index (χ1n) is 6.18. The average molecular weight is 417 g/mol. The largest absolute Gasteiger partial charge is 0.502 e. The van der Waals surface area contributed by atoms with Gasteiger partial charge in [0.05, 0.1) is 19.9 Å². The smallest absolute Gasteiger partial charge is 0.200 e. The standard InChI is InChI=1S/C15H15Br2NO3/c1-20-12-6-9(7-13(21-2)15(12)19)8-18-14-10(16)4-3-5-11(14)17/h3-7,18-19H,8H2,1-2H3. The van der Waals surface area contributed by atoms with E-state index in [1.54, 1.807) is 12.1 Å². The van der Waals surface area contributed by atoms with Gasteiger partial charge in [-0.2, -0.15) is 0 Å². The van der Waals surface area contributed by atoms with E-state index in [1.807, 2.05) is 18.2 Å². The summed E-state index contributed by atoms with van der Waals surface area (Å²) in [7, 11) is 3.02. The molecule has 0 aliphatic heterocycles. The van der Waals surface area contributed by atoms with Gasteiger partial charge in [-0.05, 0) is 61.7 Å². The number of phenols is 1. The summed E-state index contributed by atoms with van der Waals surface area (Å²) in [4.78, 5) is 0. The molecule has 4 nitrogen and oxygen atoms in total. The van der Waals surface area contributed by atoms with Crippen molar-refractivity contribution in [2.75, 3.05) is 19.5 Å². The van der Waals surface area contributed by atoms with Gasteiger partial charge in [-0.15, -0.1) is 0 Å². The molecule has 0 aliphatic rings. The van der Waals surface area contributed by atoms with Crippen molar-refractivity contribution in [1.29, 1.82) is 0 Å². The lowest BCUT2D eigenvalue weighted by Gasteiger charge is -2.14. The van der Waals surface area contributed by atoms with Crippen LogP contribution in [0.2, 0.25) is 0 Å². The van der Waals surface area contributed by atoms with Crippen molar-refractivity contribution < 1.29 is 14.6 Å². The minimum Gasteiger partial charge on any atom is -0.502 e. The van der Waals surface area contributed by atoms with Crippen molar-refractivity contribution in [2.45, 2.75) is 6.54 Å². The molecule has 0 heterocycles. The lowest BCUT2D eigenvalue weighted by Crippen LogP contribution is -2.02. The highest BCUT2D eigenvalue weighted by Gasteiger charge is 2.12. The first-order valence-corrected chi connectivity index (χ1v) is 7.77. The van der Waals surface area contributed by atoms with Crippen LogP contribution in [0.3, 0.4) is 0 Å². The third-order valence-corrected chi connectivity index (χ3v) is 4.29. The summed E-state index contributed by atoms with van der Waals surface area (Å²) in [5.74, 6) is 0.778. The number of hydrogen-bond acceptors (Lipinski definition) is 4. The second-order valence-corrected chi connectivity index (χ2v) is 6.01. The molecule has 0 radical (unpaired) electrons. The Morgan fingerprint density at radius 3 is 2.05 bits per heavy atom. The van der Waals surface area contributed by atoms with Crippen LogP contribution < -0.4 is 14.8 Å². The summed E-state index contributed by atoms with van der Waals surface area (Å²) in [6, 6.07) is 9.42. The van der Waals surface area contributed by atoms with E-state index in [4.69, 9.17) is 9.47 Å². The van der Waals surface area contributed by atoms with E-state index in [-0.39, 0.29) is 5.75 Å². The van der Waals surface area contributed by atoms with Gasteiger partial charge in [0.2, 0.25) is 5.75 Å². The molecule has 0 bridgehead atoms. The number of hydrogen-bond donors (Lipinski definition) is 2. The molecule has 0 aromatic heterocycles. The van der Waals surface area contributed by atoms with Crippen molar-refractivity contribution in [1.82, 2.24) is 0 Å². The molecule has 0 unspecified atom stereocenters. The summed E-state index contributed by atoms with van der Waals surface area (Å²) in [6.07, 6.45) is 0. The molecule has 0 amide bonds. The number of rotatable bonds is 5. The lowest BCUT2D eigenvalue weighted by molar-refractivity contribution is 0.339. The first kappa shape index (κ1) is 16.0. The number of nitrogens with one attached hydrogen (secondary N) is 1. The van der Waals surface area contributed by atoms with Gasteiger partial charge in [0, 0.05) is 15.5 Å². The second-order valence-electron chi connectivity index (χ2n) is 4.30. The molecule has 0 atom stereocenters. The van der Waals surface area contributed by atoms with Gasteiger partial charge in [-0.3, -0.25) is 0 Å². The minimum atomic E-state index is 0.00539. The summed E-state index contributed by atoms with van der Waals surface area (Å²) in [5.41, 5.74) is 1.90. The minimum absolute atomic E-state index is 0.00539. The number of anilines is 1. The molecule has 2 N–H and O–H groups in total. The van der Waals surface area contributed by atoms with E-state index in [0.717, 1.165) is 20.2 Å². The van der Waals surface area contributed by atoms with Gasteiger partial charge in [0.25, 0.3) is 0 Å². The zero-order chi connectivity index (χ0) is 15.4. The molecule has 0 fully saturated rings. The van der Waals surface area contributed by atoms with E-state index in [9.17, 15) is 5.11 Å². The Balaban J connectivity index is 2.24. The maximum absolute atomic E-state index is 9.90. The average Bonchev–Trinajstić information content (AvgIpc) is 2.48. The van der Waals surface area contributed by atoms with Crippen LogP contribution in [0.15, 0.2) is 39.3 Å². The Hall–Kier alpha value is -1.40. The van der Waals surface area contributed by atoms with Crippen LogP contribution in [-0.2, 0) is 6.54 Å². The van der Waals surface area contributed by atoms with E-state index < -0.39 is 0 Å². The van der Waals surface area contributed by atoms with Gasteiger partial charge in [0.15, 0.2) is 11.5 Å². The highest BCUT2D eigenvalue weighted by atomic mass is 79.9. The van der Waals surface area contributed by atoms with E-state index >= 15 is 0 Å². The monoisotopic (exact) mass is 415 g/mol. The van der Waals surface area contributed by atoms with Crippen LogP contribution in [0.5, 0.6) is 17.2 Å². The van der Waals surface area contributed by atoms with Crippen LogP contribution in [0.25, 0.3) is 0 Å². The Labute approximate surface area is 140 Å². The van der Waals surface area contributed by atoms with Gasteiger partial charge >= 0.3 is 0 Å². The van der Waals surface area contributed by atoms with Crippen molar-refractivity contribution in [3.05, 3.63) is 44.8 Å². The Bertz CT molecular complexity index is 602. The fourth-order valence-electron chi connectivity index (χ4n) is 1.91. The number of aromatic hydroxyl groups is 1. The van der Waals surface area contributed by atoms with Gasteiger partial charge in [0.1, 0.15) is 0 Å². The number of ether oxygens (including phenoxy) is 2. The summed E-state index contributed by atoms with van der Waals surface area (Å²) < 4.78 is 12.2. The second kappa shape index (κ2) is 7.04. The maximum atomic E-state index is 9.90. The van der Waals surface area contributed by atoms with Crippen molar-refractivity contribution in [2.24, 2.45) is 0 Å². The molecular formula is C15H15Br2NO3. The number of benzene rings is 2. The SMILES string of the molecule is COc1cc(CNc2c(Br)cccc2Br)cc(OC)c1O. The summed E-state index contributed by atoms with van der Waals surface area (Å²) >= 11 is 7.01. The number of halogens is 2. The molecule has 6 heteroatoms. The molecule has 0 aliphatic carbocycles. The lowest BCUT2D eigenvalue weighted by atomic mass is 10.1. The summed E-state index contributed by atoms with van der Waals surface area (Å²) in [5, 5.41) is 13.2.